The number of carbonyl (C=O) groups excluding carboxylic acids is 1. The van der Waals surface area contributed by atoms with E-state index in [4.69, 9.17) is 9.47 Å². The van der Waals surface area contributed by atoms with Crippen LogP contribution in [0, 0.1) is 0 Å². The number of hydrogen-bond acceptors (Lipinski definition) is 3. The molecule has 1 amide bonds. The van der Waals surface area contributed by atoms with Crippen molar-refractivity contribution >= 4 is 5.91 Å². The molecule has 4 nitrogen and oxygen atoms in total. The Morgan fingerprint density at radius 1 is 0.500 bits per heavy atom. The second-order valence-electron chi connectivity index (χ2n) is 9.44. The van der Waals surface area contributed by atoms with Crippen LogP contribution >= 0.6 is 0 Å². The van der Waals surface area contributed by atoms with Gasteiger partial charge in [0.05, 0.1) is 0 Å². The second-order valence-corrected chi connectivity index (χ2v) is 9.44. The summed E-state index contributed by atoms with van der Waals surface area (Å²) in [5.41, 5.74) is 0. The number of nitrogens with zero attached hydrogens (tertiary/aromatic N) is 1. The maximum absolute atomic E-state index is 11.4. The van der Waals surface area contributed by atoms with Gasteiger partial charge in [-0.25, -0.2) is 0 Å². The number of rotatable bonds is 5. The third kappa shape index (κ3) is 9.11. The number of para-hydroxylation sites is 4. The van der Waals surface area contributed by atoms with Crippen LogP contribution in [0.3, 0.4) is 0 Å². The summed E-state index contributed by atoms with van der Waals surface area (Å²) in [5, 5.41) is 0. The molecule has 0 N–H and O–H groups in total. The number of carbonyl (C=O) groups is 1. The Morgan fingerprint density at radius 2 is 0.868 bits per heavy atom. The lowest BCUT2D eigenvalue weighted by atomic mass is 9.94. The Hall–Kier alpha value is -4.05. The minimum absolute atomic E-state index is 0.405. The smallest absolute Gasteiger partial charge is 0.222 e. The zero-order valence-electron chi connectivity index (χ0n) is 22.0. The van der Waals surface area contributed by atoms with Crippen LogP contribution in [0.4, 0.5) is 0 Å². The summed E-state index contributed by atoms with van der Waals surface area (Å²) >= 11 is 0. The van der Waals surface area contributed by atoms with Gasteiger partial charge in [-0.1, -0.05) is 92.1 Å². The monoisotopic (exact) mass is 507 g/mol. The van der Waals surface area contributed by atoms with Crippen LogP contribution in [0.15, 0.2) is 121 Å². The Kier molecular flexibility index (Phi) is 10.8. The average Bonchev–Trinajstić information content (AvgIpc) is 3.42. The zero-order chi connectivity index (χ0) is 26.3. The van der Waals surface area contributed by atoms with Crippen LogP contribution in [0.25, 0.3) is 0 Å². The van der Waals surface area contributed by atoms with Gasteiger partial charge in [-0.05, 0) is 67.8 Å². The maximum Gasteiger partial charge on any atom is 0.222 e. The molecule has 196 valence electrons. The predicted molar refractivity (Wildman–Crippen MR) is 154 cm³/mol. The highest BCUT2D eigenvalue weighted by molar-refractivity contribution is 5.78. The van der Waals surface area contributed by atoms with Crippen molar-refractivity contribution in [3.05, 3.63) is 121 Å². The van der Waals surface area contributed by atoms with Crippen molar-refractivity contribution in [3.63, 3.8) is 0 Å². The number of hydrogen-bond donors (Lipinski definition) is 0. The molecule has 4 aromatic rings. The first kappa shape index (κ1) is 27.0. The molecule has 38 heavy (non-hydrogen) atoms. The van der Waals surface area contributed by atoms with Crippen LogP contribution in [0.1, 0.15) is 44.9 Å². The molecule has 1 aliphatic heterocycles. The minimum Gasteiger partial charge on any atom is -0.457 e. The quantitative estimate of drug-likeness (QED) is 0.271. The molecule has 2 aliphatic rings. The molecule has 1 heterocycles. The van der Waals surface area contributed by atoms with Crippen LogP contribution < -0.4 is 9.47 Å². The molecular weight excluding hydrogens is 470 g/mol. The first-order valence-corrected chi connectivity index (χ1v) is 13.6. The van der Waals surface area contributed by atoms with Crippen molar-refractivity contribution in [2.75, 3.05) is 6.54 Å². The normalized spacial score (nSPS) is 14.9. The third-order valence-corrected chi connectivity index (χ3v) is 6.57. The van der Waals surface area contributed by atoms with Gasteiger partial charge in [-0.3, -0.25) is 4.79 Å². The molecule has 0 atom stereocenters. The fourth-order valence-corrected chi connectivity index (χ4v) is 4.67. The van der Waals surface area contributed by atoms with E-state index in [0.717, 1.165) is 42.4 Å². The summed E-state index contributed by atoms with van der Waals surface area (Å²) in [4.78, 5) is 13.5. The molecule has 1 aliphatic carbocycles. The highest BCUT2D eigenvalue weighted by Gasteiger charge is 2.28. The van der Waals surface area contributed by atoms with Crippen molar-refractivity contribution in [1.82, 2.24) is 4.90 Å². The van der Waals surface area contributed by atoms with E-state index in [1.807, 2.05) is 121 Å². The first-order valence-electron chi connectivity index (χ1n) is 13.6. The van der Waals surface area contributed by atoms with Crippen molar-refractivity contribution in [3.8, 4) is 23.0 Å². The van der Waals surface area contributed by atoms with Gasteiger partial charge >= 0.3 is 0 Å². The van der Waals surface area contributed by atoms with Gasteiger partial charge < -0.3 is 14.4 Å². The average molecular weight is 508 g/mol. The third-order valence-electron chi connectivity index (χ3n) is 6.57. The molecule has 1 saturated carbocycles. The van der Waals surface area contributed by atoms with E-state index in [1.54, 1.807) is 0 Å². The molecule has 6 rings (SSSR count). The minimum atomic E-state index is 0.405. The van der Waals surface area contributed by atoms with Gasteiger partial charge in [-0.2, -0.15) is 0 Å². The molecule has 2 fully saturated rings. The van der Waals surface area contributed by atoms with Crippen molar-refractivity contribution in [1.29, 1.82) is 0 Å². The Labute approximate surface area is 226 Å². The van der Waals surface area contributed by atoms with E-state index in [9.17, 15) is 4.79 Å². The maximum atomic E-state index is 11.4. The standard InChI is InChI=1S/2C12H10O.C10H17NO/c2*1-3-7-11(8-4-1)13-12-9-5-2-6-10-12;12-10-7-4-8-11(10)9-5-2-1-3-6-9/h2*1-10H;9H,1-8H2. The highest BCUT2D eigenvalue weighted by atomic mass is 16.5. The molecule has 1 saturated heterocycles. The van der Waals surface area contributed by atoms with Crippen molar-refractivity contribution < 1.29 is 14.3 Å². The Balaban J connectivity index is 0.000000133. The second kappa shape index (κ2) is 15.3. The molecule has 0 unspecified atom stereocenters. The Morgan fingerprint density at radius 3 is 1.18 bits per heavy atom. The van der Waals surface area contributed by atoms with Crippen LogP contribution in [-0.4, -0.2) is 23.4 Å². The number of likely N-dealkylation sites (tertiary alicyclic amines) is 1. The van der Waals surface area contributed by atoms with E-state index in [0.29, 0.717) is 11.9 Å². The molecule has 0 radical (unpaired) electrons. The fraction of sp³-hybridized carbons (Fsp3) is 0.265. The SMILES string of the molecule is O=C1CCCN1C1CCCCC1.c1ccc(Oc2ccccc2)cc1.c1ccc(Oc2ccccc2)cc1. The van der Waals surface area contributed by atoms with Crippen molar-refractivity contribution in [2.45, 2.75) is 51.0 Å². The fourth-order valence-electron chi connectivity index (χ4n) is 4.67. The highest BCUT2D eigenvalue weighted by Crippen LogP contribution is 2.26. The lowest BCUT2D eigenvalue weighted by Gasteiger charge is -2.30. The summed E-state index contributed by atoms with van der Waals surface area (Å²) in [5.74, 6) is 3.88. The zero-order valence-corrected chi connectivity index (χ0v) is 22.0. The van der Waals surface area contributed by atoms with E-state index >= 15 is 0 Å². The summed E-state index contributed by atoms with van der Waals surface area (Å²) in [6.45, 7) is 1.03. The van der Waals surface area contributed by atoms with Gasteiger partial charge in [0.1, 0.15) is 23.0 Å². The predicted octanol–water partition coefficient (Wildman–Crippen LogP) is 8.90. The van der Waals surface area contributed by atoms with Crippen LogP contribution in [0.2, 0.25) is 0 Å². The number of ether oxygens (including phenoxy) is 2. The molecule has 0 aromatic heterocycles. The van der Waals surface area contributed by atoms with Crippen LogP contribution in [-0.2, 0) is 4.79 Å². The Bertz CT molecular complexity index is 1030. The van der Waals surface area contributed by atoms with Crippen molar-refractivity contribution in [2.24, 2.45) is 0 Å². The van der Waals surface area contributed by atoms with Gasteiger partial charge in [0.25, 0.3) is 0 Å². The number of benzene rings is 4. The van der Waals surface area contributed by atoms with Gasteiger partial charge in [0.2, 0.25) is 5.91 Å². The van der Waals surface area contributed by atoms with E-state index in [-0.39, 0.29) is 0 Å². The van der Waals surface area contributed by atoms with Gasteiger partial charge in [0, 0.05) is 19.0 Å². The van der Waals surface area contributed by atoms with Gasteiger partial charge in [0.15, 0.2) is 0 Å². The topological polar surface area (TPSA) is 38.8 Å². The first-order chi connectivity index (χ1) is 18.8. The molecular formula is C34H37NO3. The largest absolute Gasteiger partial charge is 0.457 e. The molecule has 0 spiro atoms. The lowest BCUT2D eigenvalue weighted by Crippen LogP contribution is -2.37. The van der Waals surface area contributed by atoms with Gasteiger partial charge in [-0.15, -0.1) is 0 Å². The lowest BCUT2D eigenvalue weighted by molar-refractivity contribution is -0.130. The van der Waals surface area contributed by atoms with E-state index in [2.05, 4.69) is 4.90 Å². The van der Waals surface area contributed by atoms with E-state index < -0.39 is 0 Å². The number of amides is 1. The molecule has 4 heteroatoms. The van der Waals surface area contributed by atoms with Crippen LogP contribution in [0.5, 0.6) is 23.0 Å². The summed E-state index contributed by atoms with van der Waals surface area (Å²) in [6.07, 6.45) is 8.44. The summed E-state index contributed by atoms with van der Waals surface area (Å²) in [6, 6.07) is 39.6. The van der Waals surface area contributed by atoms with E-state index in [1.165, 1.54) is 32.1 Å². The summed E-state index contributed by atoms with van der Waals surface area (Å²) < 4.78 is 11.2. The molecule has 0 bridgehead atoms. The molecule has 4 aromatic carbocycles. The summed E-state index contributed by atoms with van der Waals surface area (Å²) in [7, 11) is 0.